The van der Waals surface area contributed by atoms with Crippen molar-refractivity contribution >= 4 is 27.5 Å². The van der Waals surface area contributed by atoms with Gasteiger partial charge in [0.1, 0.15) is 5.84 Å². The molecule has 0 bridgehead atoms. The first kappa shape index (κ1) is 13.4. The Bertz CT molecular complexity index is 423. The molecule has 0 atom stereocenters. The molecule has 1 aliphatic heterocycles. The predicted octanol–water partition coefficient (Wildman–Crippen LogP) is 3.50. The highest BCUT2D eigenvalue weighted by Gasteiger charge is 2.12. The van der Waals surface area contributed by atoms with E-state index in [0.29, 0.717) is 0 Å². The second-order valence-electron chi connectivity index (χ2n) is 4.83. The number of hydrogen-bond donors (Lipinski definition) is 2. The fourth-order valence-corrected chi connectivity index (χ4v) is 3.05. The maximum Gasteiger partial charge on any atom is 0.122 e. The summed E-state index contributed by atoms with van der Waals surface area (Å²) in [5.41, 5.74) is 7.51. The first-order valence-corrected chi connectivity index (χ1v) is 7.36. The Morgan fingerprint density at radius 1 is 1.11 bits per heavy atom. The number of halogens is 1. The van der Waals surface area contributed by atoms with Crippen molar-refractivity contribution in [2.24, 2.45) is 5.73 Å². The zero-order chi connectivity index (χ0) is 13.0. The Kier molecular flexibility index (Phi) is 4.64. The molecular weight excluding hydrogens is 290 g/mol. The molecule has 0 unspecified atom stereocenters. The lowest BCUT2D eigenvalue weighted by molar-refractivity contribution is 0.556. The zero-order valence-corrected chi connectivity index (χ0v) is 12.2. The summed E-state index contributed by atoms with van der Waals surface area (Å²) < 4.78 is 1.04. The number of anilines is 1. The van der Waals surface area contributed by atoms with Gasteiger partial charge in [-0.1, -0.05) is 19.3 Å². The summed E-state index contributed by atoms with van der Waals surface area (Å²) in [6.45, 7) is 2.25. The molecule has 4 heteroatoms. The number of rotatable bonds is 2. The highest BCUT2D eigenvalue weighted by Crippen LogP contribution is 2.29. The van der Waals surface area contributed by atoms with E-state index < -0.39 is 0 Å². The van der Waals surface area contributed by atoms with Gasteiger partial charge < -0.3 is 10.6 Å². The second-order valence-corrected chi connectivity index (χ2v) is 5.69. The molecule has 1 aromatic rings. The molecule has 1 saturated heterocycles. The number of nitrogen functional groups attached to an aromatic ring is 1. The van der Waals surface area contributed by atoms with Gasteiger partial charge in [0.2, 0.25) is 0 Å². The lowest BCUT2D eigenvalue weighted by Gasteiger charge is -2.28. The van der Waals surface area contributed by atoms with Gasteiger partial charge in [0.05, 0.1) is 5.69 Å². The molecule has 0 aliphatic carbocycles. The highest BCUT2D eigenvalue weighted by atomic mass is 79.9. The van der Waals surface area contributed by atoms with Crippen molar-refractivity contribution in [1.29, 1.82) is 5.41 Å². The van der Waals surface area contributed by atoms with Crippen LogP contribution in [-0.2, 0) is 0 Å². The average Bonchev–Trinajstić information content (AvgIpc) is 2.29. The number of nitrogens with two attached hydrogens (primary N) is 1. The first-order valence-electron chi connectivity index (χ1n) is 6.57. The van der Waals surface area contributed by atoms with Crippen molar-refractivity contribution in [1.82, 2.24) is 0 Å². The van der Waals surface area contributed by atoms with Gasteiger partial charge in [-0.05, 0) is 47.0 Å². The summed E-state index contributed by atoms with van der Waals surface area (Å²) in [7, 11) is 0. The number of nitrogens with zero attached hydrogens (tertiary/aromatic N) is 1. The second kappa shape index (κ2) is 6.23. The standard InChI is InChI=1S/C14H20BrN3/c15-12-10-11(14(16)17)6-7-13(12)18-8-4-2-1-3-5-9-18/h6-7,10H,1-5,8-9H2,(H3,16,17). The van der Waals surface area contributed by atoms with Gasteiger partial charge in [0.15, 0.2) is 0 Å². The van der Waals surface area contributed by atoms with Crippen molar-refractivity contribution in [3.05, 3.63) is 28.2 Å². The van der Waals surface area contributed by atoms with Crippen LogP contribution in [0, 0.1) is 5.41 Å². The summed E-state index contributed by atoms with van der Waals surface area (Å²) in [6, 6.07) is 5.94. The maximum absolute atomic E-state index is 7.45. The summed E-state index contributed by atoms with van der Waals surface area (Å²) in [5.74, 6) is 0.120. The molecule has 1 fully saturated rings. The summed E-state index contributed by atoms with van der Waals surface area (Å²) in [4.78, 5) is 2.44. The van der Waals surface area contributed by atoms with Crippen LogP contribution in [0.1, 0.15) is 37.7 Å². The molecule has 3 N–H and O–H groups in total. The summed E-state index contributed by atoms with van der Waals surface area (Å²) in [5, 5.41) is 7.45. The Balaban J connectivity index is 2.18. The van der Waals surface area contributed by atoms with Crippen molar-refractivity contribution in [2.45, 2.75) is 32.1 Å². The van der Waals surface area contributed by atoms with Gasteiger partial charge in [-0.15, -0.1) is 0 Å². The van der Waals surface area contributed by atoms with Crippen LogP contribution in [-0.4, -0.2) is 18.9 Å². The van der Waals surface area contributed by atoms with Crippen molar-refractivity contribution in [3.8, 4) is 0 Å². The zero-order valence-electron chi connectivity index (χ0n) is 10.6. The van der Waals surface area contributed by atoms with E-state index in [2.05, 4.69) is 26.9 Å². The Labute approximate surface area is 117 Å². The third-order valence-electron chi connectivity index (χ3n) is 3.46. The molecule has 18 heavy (non-hydrogen) atoms. The molecule has 0 radical (unpaired) electrons. The van der Waals surface area contributed by atoms with Crippen LogP contribution < -0.4 is 10.6 Å². The van der Waals surface area contributed by atoms with E-state index in [9.17, 15) is 0 Å². The highest BCUT2D eigenvalue weighted by molar-refractivity contribution is 9.10. The van der Waals surface area contributed by atoms with Gasteiger partial charge in [0.25, 0.3) is 0 Å². The Hall–Kier alpha value is -1.03. The number of benzene rings is 1. The Morgan fingerprint density at radius 3 is 2.28 bits per heavy atom. The van der Waals surface area contributed by atoms with Crippen LogP contribution in [0.5, 0.6) is 0 Å². The molecule has 0 aromatic heterocycles. The van der Waals surface area contributed by atoms with Gasteiger partial charge in [-0.25, -0.2) is 0 Å². The van der Waals surface area contributed by atoms with Crippen LogP contribution in [0.4, 0.5) is 5.69 Å². The number of amidine groups is 1. The lowest BCUT2D eigenvalue weighted by atomic mass is 10.1. The largest absolute Gasteiger partial charge is 0.384 e. The number of hydrogen-bond acceptors (Lipinski definition) is 2. The molecule has 2 rings (SSSR count). The summed E-state index contributed by atoms with van der Waals surface area (Å²) >= 11 is 3.60. The fraction of sp³-hybridized carbons (Fsp3) is 0.500. The van der Waals surface area contributed by atoms with Gasteiger partial charge >= 0.3 is 0 Å². The van der Waals surface area contributed by atoms with E-state index in [1.807, 2.05) is 12.1 Å². The van der Waals surface area contributed by atoms with Crippen LogP contribution in [0.3, 0.4) is 0 Å². The molecular formula is C14H20BrN3. The predicted molar refractivity (Wildman–Crippen MR) is 80.5 cm³/mol. The topological polar surface area (TPSA) is 53.1 Å². The minimum absolute atomic E-state index is 0.120. The molecule has 1 aromatic carbocycles. The van der Waals surface area contributed by atoms with E-state index in [-0.39, 0.29) is 5.84 Å². The van der Waals surface area contributed by atoms with Crippen LogP contribution in [0.2, 0.25) is 0 Å². The van der Waals surface area contributed by atoms with Crippen molar-refractivity contribution in [2.75, 3.05) is 18.0 Å². The van der Waals surface area contributed by atoms with E-state index in [1.54, 1.807) is 0 Å². The molecule has 0 saturated carbocycles. The van der Waals surface area contributed by atoms with Crippen molar-refractivity contribution in [3.63, 3.8) is 0 Å². The minimum Gasteiger partial charge on any atom is -0.384 e. The van der Waals surface area contributed by atoms with Gasteiger partial charge in [-0.3, -0.25) is 5.41 Å². The van der Waals surface area contributed by atoms with Gasteiger partial charge in [0, 0.05) is 23.1 Å². The Morgan fingerprint density at radius 2 is 1.72 bits per heavy atom. The SMILES string of the molecule is N=C(N)c1ccc(N2CCCCCCC2)c(Br)c1. The lowest BCUT2D eigenvalue weighted by Crippen LogP contribution is -2.27. The van der Waals surface area contributed by atoms with Crippen LogP contribution in [0.15, 0.2) is 22.7 Å². The molecule has 3 nitrogen and oxygen atoms in total. The molecule has 98 valence electrons. The molecule has 1 heterocycles. The first-order chi connectivity index (χ1) is 8.68. The van der Waals surface area contributed by atoms with E-state index >= 15 is 0 Å². The molecule has 0 amide bonds. The van der Waals surface area contributed by atoms with E-state index in [4.69, 9.17) is 11.1 Å². The summed E-state index contributed by atoms with van der Waals surface area (Å²) in [6.07, 6.45) is 6.57. The molecule has 1 aliphatic rings. The van der Waals surface area contributed by atoms with E-state index in [1.165, 1.54) is 37.8 Å². The van der Waals surface area contributed by atoms with Crippen LogP contribution >= 0.6 is 15.9 Å². The van der Waals surface area contributed by atoms with E-state index in [0.717, 1.165) is 23.1 Å². The third-order valence-corrected chi connectivity index (χ3v) is 4.09. The average molecular weight is 310 g/mol. The maximum atomic E-state index is 7.45. The smallest absolute Gasteiger partial charge is 0.122 e. The normalized spacial score (nSPS) is 17.1. The quantitative estimate of drug-likeness (QED) is 0.649. The van der Waals surface area contributed by atoms with Crippen molar-refractivity contribution < 1.29 is 0 Å². The monoisotopic (exact) mass is 309 g/mol. The van der Waals surface area contributed by atoms with Gasteiger partial charge in [-0.2, -0.15) is 0 Å². The minimum atomic E-state index is 0.120. The fourth-order valence-electron chi connectivity index (χ4n) is 2.42. The third kappa shape index (κ3) is 3.25. The number of nitrogens with one attached hydrogen (secondary N) is 1. The molecule has 0 spiro atoms. The van der Waals surface area contributed by atoms with Crippen LogP contribution in [0.25, 0.3) is 0 Å².